The predicted octanol–water partition coefficient (Wildman–Crippen LogP) is 4.05. The largest absolute Gasteiger partial charge is 0.573 e. The first-order valence-electron chi connectivity index (χ1n) is 7.77. The molecule has 5 nitrogen and oxygen atoms in total. The van der Waals surface area contributed by atoms with Crippen molar-refractivity contribution in [2.45, 2.75) is 22.9 Å². The number of benzene rings is 1. The van der Waals surface area contributed by atoms with Crippen molar-refractivity contribution < 1.29 is 30.7 Å². The Morgan fingerprint density at radius 3 is 2.62 bits per heavy atom. The molecular weight excluding hydrogens is 391 g/mol. The van der Waals surface area contributed by atoms with Crippen LogP contribution >= 0.6 is 11.8 Å². The highest BCUT2D eigenvalue weighted by Gasteiger charge is 2.36. The second kappa shape index (κ2) is 7.53. The molecule has 2 aromatic rings. The van der Waals surface area contributed by atoms with Crippen LogP contribution in [0.5, 0.6) is 5.75 Å². The molecule has 1 atom stereocenters. The summed E-state index contributed by atoms with van der Waals surface area (Å²) in [6.07, 6.45) is -2.91. The summed E-state index contributed by atoms with van der Waals surface area (Å²) in [5.41, 5.74) is 0. The molecule has 1 fully saturated rings. The minimum atomic E-state index is -4.97. The molecule has 1 unspecified atom stereocenters. The summed E-state index contributed by atoms with van der Waals surface area (Å²) in [4.78, 5) is -0.487. The minimum Gasteiger partial charge on any atom is -0.468 e. The first-order chi connectivity index (χ1) is 12.3. The highest BCUT2D eigenvalue weighted by Crippen LogP contribution is 2.37. The third kappa shape index (κ3) is 4.36. The van der Waals surface area contributed by atoms with E-state index in [0.29, 0.717) is 12.2 Å². The normalized spacial score (nSPS) is 19.9. The maximum Gasteiger partial charge on any atom is 0.573 e. The second-order valence-corrected chi connectivity index (χ2v) is 8.78. The lowest BCUT2D eigenvalue weighted by molar-refractivity contribution is -0.275. The lowest BCUT2D eigenvalue weighted by atomic mass is 10.2. The molecule has 0 radical (unpaired) electrons. The molecule has 0 amide bonds. The van der Waals surface area contributed by atoms with Crippen molar-refractivity contribution in [2.75, 3.05) is 18.8 Å². The molecule has 0 aliphatic carbocycles. The van der Waals surface area contributed by atoms with Gasteiger partial charge >= 0.3 is 6.36 Å². The van der Waals surface area contributed by atoms with Crippen LogP contribution < -0.4 is 4.74 Å². The Hall–Kier alpha value is -1.65. The Bertz CT molecular complexity index is 837. The number of hydrogen-bond acceptors (Lipinski definition) is 5. The van der Waals surface area contributed by atoms with E-state index in [2.05, 4.69) is 4.74 Å². The molecule has 0 N–H and O–H groups in total. The maximum atomic E-state index is 12.9. The zero-order chi connectivity index (χ0) is 18.8. The summed E-state index contributed by atoms with van der Waals surface area (Å²) in [5, 5.41) is 0.00636. The van der Waals surface area contributed by atoms with Crippen molar-refractivity contribution in [3.05, 3.63) is 48.4 Å². The number of rotatable bonds is 4. The van der Waals surface area contributed by atoms with E-state index in [4.69, 9.17) is 4.42 Å². The molecular formula is C16H16F3NO4S2. The van der Waals surface area contributed by atoms with Crippen LogP contribution in [0.3, 0.4) is 0 Å². The fourth-order valence-electron chi connectivity index (χ4n) is 2.70. The van der Waals surface area contributed by atoms with Gasteiger partial charge in [0, 0.05) is 18.8 Å². The average Bonchev–Trinajstić information content (AvgIpc) is 2.97. The van der Waals surface area contributed by atoms with Gasteiger partial charge in [-0.1, -0.05) is 12.1 Å². The van der Waals surface area contributed by atoms with Crippen LogP contribution in [-0.2, 0) is 10.0 Å². The molecule has 3 rings (SSSR count). The maximum absolute atomic E-state index is 12.9. The van der Waals surface area contributed by atoms with Crippen LogP contribution in [0.25, 0.3) is 0 Å². The third-order valence-corrected chi connectivity index (χ3v) is 7.08. The van der Waals surface area contributed by atoms with E-state index in [9.17, 15) is 21.6 Å². The Kier molecular flexibility index (Phi) is 5.54. The second-order valence-electron chi connectivity index (χ2n) is 5.56. The number of halogens is 3. The molecule has 1 aromatic carbocycles. The molecule has 142 valence electrons. The molecule has 0 bridgehead atoms. The summed E-state index contributed by atoms with van der Waals surface area (Å²) in [6, 6.07) is 8.38. The lowest BCUT2D eigenvalue weighted by Gasteiger charge is -2.21. The van der Waals surface area contributed by atoms with E-state index in [-0.39, 0.29) is 18.3 Å². The molecule has 1 aromatic heterocycles. The molecule has 1 saturated heterocycles. The standard InChI is InChI=1S/C16H16F3NO4S2/c17-16(18,19)24-13-4-1-2-6-15(13)26(21,22)20-8-7-14(25-11-9-20)12-5-3-10-23-12/h1-6,10,14H,7-9,11H2. The van der Waals surface area contributed by atoms with Gasteiger partial charge in [0.25, 0.3) is 0 Å². The number of para-hydroxylation sites is 1. The van der Waals surface area contributed by atoms with Gasteiger partial charge in [0.2, 0.25) is 10.0 Å². The number of nitrogens with zero attached hydrogens (tertiary/aromatic N) is 1. The van der Waals surface area contributed by atoms with Gasteiger partial charge in [0.05, 0.1) is 11.5 Å². The van der Waals surface area contributed by atoms with Gasteiger partial charge in [0.15, 0.2) is 0 Å². The van der Waals surface area contributed by atoms with Crippen molar-refractivity contribution in [1.82, 2.24) is 4.31 Å². The van der Waals surface area contributed by atoms with Gasteiger partial charge in [-0.3, -0.25) is 0 Å². The molecule has 0 spiro atoms. The number of sulfonamides is 1. The van der Waals surface area contributed by atoms with Crippen molar-refractivity contribution in [2.24, 2.45) is 0 Å². The smallest absolute Gasteiger partial charge is 0.468 e. The number of ether oxygens (including phenoxy) is 1. The highest BCUT2D eigenvalue weighted by atomic mass is 32.2. The van der Waals surface area contributed by atoms with E-state index < -0.39 is 27.0 Å². The fraction of sp³-hybridized carbons (Fsp3) is 0.375. The SMILES string of the molecule is O=S(=O)(c1ccccc1OC(F)(F)F)N1CCSC(c2ccco2)CC1. The van der Waals surface area contributed by atoms with Gasteiger partial charge in [0.1, 0.15) is 16.4 Å². The fourth-order valence-corrected chi connectivity index (χ4v) is 5.57. The van der Waals surface area contributed by atoms with E-state index >= 15 is 0 Å². The Morgan fingerprint density at radius 1 is 1.15 bits per heavy atom. The van der Waals surface area contributed by atoms with E-state index in [1.165, 1.54) is 16.4 Å². The minimum absolute atomic E-state index is 0.00636. The number of thioether (sulfide) groups is 1. The van der Waals surface area contributed by atoms with Crippen molar-refractivity contribution in [3.63, 3.8) is 0 Å². The summed E-state index contributed by atoms with van der Waals surface area (Å²) in [5.74, 6) is 0.543. The van der Waals surface area contributed by atoms with E-state index in [1.807, 2.05) is 6.07 Å². The van der Waals surface area contributed by atoms with Crippen LogP contribution in [0.2, 0.25) is 0 Å². The van der Waals surface area contributed by atoms with Gasteiger partial charge in [-0.05, 0) is 30.7 Å². The molecule has 1 aliphatic rings. The Labute approximate surface area is 153 Å². The van der Waals surface area contributed by atoms with Gasteiger partial charge in [-0.2, -0.15) is 4.31 Å². The topological polar surface area (TPSA) is 59.8 Å². The molecule has 10 heteroatoms. The van der Waals surface area contributed by atoms with Crippen molar-refractivity contribution in [1.29, 1.82) is 0 Å². The molecule has 26 heavy (non-hydrogen) atoms. The highest BCUT2D eigenvalue weighted by molar-refractivity contribution is 7.99. The number of furan rings is 1. The van der Waals surface area contributed by atoms with Crippen molar-refractivity contribution >= 4 is 21.8 Å². The van der Waals surface area contributed by atoms with Gasteiger partial charge < -0.3 is 9.15 Å². The predicted molar refractivity (Wildman–Crippen MR) is 90.4 cm³/mol. The van der Waals surface area contributed by atoms with Crippen LogP contribution in [0.1, 0.15) is 17.4 Å². The number of hydrogen-bond donors (Lipinski definition) is 0. The van der Waals surface area contributed by atoms with E-state index in [1.54, 1.807) is 24.1 Å². The van der Waals surface area contributed by atoms with Crippen LogP contribution in [-0.4, -0.2) is 37.9 Å². The molecule has 1 aliphatic heterocycles. The van der Waals surface area contributed by atoms with Crippen LogP contribution in [0, 0.1) is 0 Å². The molecule has 2 heterocycles. The summed E-state index contributed by atoms with van der Waals surface area (Å²) >= 11 is 1.56. The van der Waals surface area contributed by atoms with E-state index in [0.717, 1.165) is 17.9 Å². The Balaban J connectivity index is 1.82. The van der Waals surface area contributed by atoms with Crippen molar-refractivity contribution in [3.8, 4) is 5.75 Å². The Morgan fingerprint density at radius 2 is 1.92 bits per heavy atom. The summed E-state index contributed by atoms with van der Waals surface area (Å²) < 4.78 is 74.0. The first kappa shape index (κ1) is 19.1. The van der Waals surface area contributed by atoms with Crippen LogP contribution in [0.4, 0.5) is 13.2 Å². The zero-order valence-electron chi connectivity index (χ0n) is 13.5. The molecule has 0 saturated carbocycles. The summed E-state index contributed by atoms with van der Waals surface area (Å²) in [6.45, 7) is 0.381. The number of alkyl halides is 3. The van der Waals surface area contributed by atoms with Gasteiger partial charge in [-0.15, -0.1) is 24.9 Å². The third-order valence-electron chi connectivity index (χ3n) is 3.85. The van der Waals surface area contributed by atoms with Crippen LogP contribution in [0.15, 0.2) is 52.0 Å². The van der Waals surface area contributed by atoms with Gasteiger partial charge in [-0.25, -0.2) is 8.42 Å². The monoisotopic (exact) mass is 407 g/mol. The lowest BCUT2D eigenvalue weighted by Crippen LogP contribution is -2.33. The average molecular weight is 407 g/mol. The summed E-state index contributed by atoms with van der Waals surface area (Å²) in [7, 11) is -4.12. The zero-order valence-corrected chi connectivity index (χ0v) is 15.1. The first-order valence-corrected chi connectivity index (χ1v) is 10.3. The quantitative estimate of drug-likeness (QED) is 0.765.